The van der Waals surface area contributed by atoms with Crippen molar-refractivity contribution < 1.29 is 0 Å². The number of aryl methyl sites for hydroxylation is 1. The number of pyridine rings is 2. The molecule has 1 aromatic carbocycles. The molecule has 0 aliphatic carbocycles. The standard InChI is InChI=1S/C25H24ClN7/c1-16-6-4-9-21(29-16)25-24(19-10-11-23-27-15-28-33(23)13-19)30-22(31-25)14-32(3)12-18-7-5-8-20(26)17(18)2/h4-11,13,15H,12,14H2,1-3H3,(H,30,31). The summed E-state index contributed by atoms with van der Waals surface area (Å²) in [5.41, 5.74) is 7.59. The number of rotatable bonds is 6. The predicted molar refractivity (Wildman–Crippen MR) is 130 cm³/mol. The molecule has 8 heteroatoms. The summed E-state index contributed by atoms with van der Waals surface area (Å²) in [6.45, 7) is 5.46. The fourth-order valence-corrected chi connectivity index (χ4v) is 4.15. The van der Waals surface area contributed by atoms with Crippen LogP contribution in [-0.2, 0) is 13.1 Å². The first-order valence-corrected chi connectivity index (χ1v) is 11.1. The summed E-state index contributed by atoms with van der Waals surface area (Å²) in [6.07, 6.45) is 3.49. The quantitative estimate of drug-likeness (QED) is 0.384. The fraction of sp³-hybridized carbons (Fsp3) is 0.200. The van der Waals surface area contributed by atoms with E-state index in [1.807, 2.05) is 55.6 Å². The number of hydrogen-bond acceptors (Lipinski definition) is 5. The first-order chi connectivity index (χ1) is 16.0. The van der Waals surface area contributed by atoms with Gasteiger partial charge < -0.3 is 4.98 Å². The summed E-state index contributed by atoms with van der Waals surface area (Å²) in [7, 11) is 2.08. The Hall–Kier alpha value is -3.55. The molecule has 0 aliphatic heterocycles. The largest absolute Gasteiger partial charge is 0.339 e. The van der Waals surface area contributed by atoms with Crippen molar-refractivity contribution in [3.8, 4) is 22.6 Å². The molecule has 0 saturated heterocycles. The Morgan fingerprint density at radius 2 is 1.85 bits per heavy atom. The molecular formula is C25H24ClN7. The minimum Gasteiger partial charge on any atom is -0.339 e. The number of halogens is 1. The Morgan fingerprint density at radius 3 is 2.70 bits per heavy atom. The lowest BCUT2D eigenvalue weighted by Crippen LogP contribution is -2.18. The third-order valence-electron chi connectivity index (χ3n) is 5.68. The van der Waals surface area contributed by atoms with E-state index in [2.05, 4.69) is 40.0 Å². The van der Waals surface area contributed by atoms with Crippen LogP contribution in [-0.4, -0.2) is 41.5 Å². The van der Waals surface area contributed by atoms with Crippen LogP contribution in [0.25, 0.3) is 28.3 Å². The summed E-state index contributed by atoms with van der Waals surface area (Å²) >= 11 is 6.31. The third-order valence-corrected chi connectivity index (χ3v) is 6.09. The SMILES string of the molecule is Cc1cccc(-c2[nH]c(CN(C)Cc3cccc(Cl)c3C)nc2-c2ccc3ncnn3c2)n1. The zero-order valence-electron chi connectivity index (χ0n) is 18.7. The molecular weight excluding hydrogens is 434 g/mol. The molecule has 166 valence electrons. The van der Waals surface area contributed by atoms with E-state index in [4.69, 9.17) is 21.6 Å². The van der Waals surface area contributed by atoms with Gasteiger partial charge in [-0.1, -0.05) is 29.8 Å². The average Bonchev–Trinajstić information content (AvgIpc) is 3.43. The highest BCUT2D eigenvalue weighted by Crippen LogP contribution is 2.30. The van der Waals surface area contributed by atoms with Gasteiger partial charge in [0.2, 0.25) is 0 Å². The number of H-pyrrole nitrogens is 1. The minimum absolute atomic E-state index is 0.649. The van der Waals surface area contributed by atoms with Gasteiger partial charge in [0, 0.05) is 29.0 Å². The van der Waals surface area contributed by atoms with E-state index < -0.39 is 0 Å². The average molecular weight is 458 g/mol. The Balaban J connectivity index is 1.50. The summed E-state index contributed by atoms with van der Waals surface area (Å²) in [4.78, 5) is 19.7. The van der Waals surface area contributed by atoms with E-state index in [1.165, 1.54) is 5.56 Å². The van der Waals surface area contributed by atoms with Gasteiger partial charge in [-0.3, -0.25) is 9.88 Å². The van der Waals surface area contributed by atoms with Gasteiger partial charge >= 0.3 is 0 Å². The molecule has 5 rings (SSSR count). The van der Waals surface area contributed by atoms with Gasteiger partial charge in [0.25, 0.3) is 0 Å². The zero-order chi connectivity index (χ0) is 22.9. The van der Waals surface area contributed by atoms with Crippen LogP contribution in [0.4, 0.5) is 0 Å². The third kappa shape index (κ3) is 4.37. The number of benzene rings is 1. The molecule has 4 heterocycles. The van der Waals surface area contributed by atoms with Crippen LogP contribution in [0.2, 0.25) is 5.02 Å². The minimum atomic E-state index is 0.649. The van der Waals surface area contributed by atoms with E-state index in [1.54, 1.807) is 10.8 Å². The van der Waals surface area contributed by atoms with Crippen LogP contribution in [0.1, 0.15) is 22.6 Å². The maximum absolute atomic E-state index is 6.31. The van der Waals surface area contributed by atoms with Crippen molar-refractivity contribution in [3.05, 3.63) is 88.7 Å². The Bertz CT molecular complexity index is 1440. The van der Waals surface area contributed by atoms with Crippen LogP contribution in [0.15, 0.2) is 61.1 Å². The topological polar surface area (TPSA) is 75.0 Å². The maximum atomic E-state index is 6.31. The first-order valence-electron chi connectivity index (χ1n) is 10.7. The molecule has 0 saturated carbocycles. The molecule has 0 fully saturated rings. The van der Waals surface area contributed by atoms with Crippen molar-refractivity contribution in [2.75, 3.05) is 7.05 Å². The predicted octanol–water partition coefficient (Wildman–Crippen LogP) is 5.08. The van der Waals surface area contributed by atoms with Crippen molar-refractivity contribution in [1.29, 1.82) is 0 Å². The summed E-state index contributed by atoms with van der Waals surface area (Å²) < 4.78 is 1.76. The number of imidazole rings is 1. The van der Waals surface area contributed by atoms with Crippen molar-refractivity contribution in [3.63, 3.8) is 0 Å². The lowest BCUT2D eigenvalue weighted by molar-refractivity contribution is 0.311. The molecule has 0 atom stereocenters. The van der Waals surface area contributed by atoms with Gasteiger partial charge in [-0.25, -0.2) is 14.5 Å². The Morgan fingerprint density at radius 1 is 1.00 bits per heavy atom. The molecule has 0 radical (unpaired) electrons. The highest BCUT2D eigenvalue weighted by Gasteiger charge is 2.17. The number of nitrogens with one attached hydrogen (secondary N) is 1. The van der Waals surface area contributed by atoms with E-state index in [0.717, 1.165) is 56.9 Å². The Kier molecular flexibility index (Phi) is 5.66. The molecule has 0 aliphatic rings. The number of fused-ring (bicyclic) bond motifs is 1. The van der Waals surface area contributed by atoms with Gasteiger partial charge in [0.1, 0.15) is 12.2 Å². The Labute approximate surface area is 197 Å². The van der Waals surface area contributed by atoms with Crippen molar-refractivity contribution in [2.45, 2.75) is 26.9 Å². The van der Waals surface area contributed by atoms with E-state index >= 15 is 0 Å². The molecule has 7 nitrogen and oxygen atoms in total. The molecule has 5 aromatic rings. The van der Waals surface area contributed by atoms with Crippen molar-refractivity contribution in [2.24, 2.45) is 0 Å². The lowest BCUT2D eigenvalue weighted by Gasteiger charge is -2.17. The molecule has 0 bridgehead atoms. The normalized spacial score (nSPS) is 11.5. The van der Waals surface area contributed by atoms with Crippen LogP contribution >= 0.6 is 11.6 Å². The van der Waals surface area contributed by atoms with Gasteiger partial charge in [0.15, 0.2) is 5.65 Å². The first kappa shape index (κ1) is 21.3. The second-order valence-electron chi connectivity index (χ2n) is 8.25. The van der Waals surface area contributed by atoms with E-state index in [0.29, 0.717) is 6.54 Å². The second kappa shape index (κ2) is 8.77. The number of nitrogens with zero attached hydrogens (tertiary/aromatic N) is 6. The smallest absolute Gasteiger partial charge is 0.155 e. The van der Waals surface area contributed by atoms with Crippen LogP contribution in [0.3, 0.4) is 0 Å². The molecule has 0 amide bonds. The highest BCUT2D eigenvalue weighted by molar-refractivity contribution is 6.31. The maximum Gasteiger partial charge on any atom is 0.155 e. The molecule has 1 N–H and O–H groups in total. The summed E-state index contributed by atoms with van der Waals surface area (Å²) in [6, 6.07) is 16.0. The fourth-order valence-electron chi connectivity index (χ4n) is 3.96. The zero-order valence-corrected chi connectivity index (χ0v) is 19.5. The van der Waals surface area contributed by atoms with Gasteiger partial charge in [-0.2, -0.15) is 5.10 Å². The van der Waals surface area contributed by atoms with Gasteiger partial charge in [-0.05, 0) is 62.4 Å². The molecule has 4 aromatic heterocycles. The summed E-state index contributed by atoms with van der Waals surface area (Å²) in [5.74, 6) is 0.865. The van der Waals surface area contributed by atoms with Crippen LogP contribution in [0, 0.1) is 13.8 Å². The van der Waals surface area contributed by atoms with Crippen LogP contribution < -0.4 is 0 Å². The summed E-state index contributed by atoms with van der Waals surface area (Å²) in [5, 5.41) is 5.06. The molecule has 0 spiro atoms. The second-order valence-corrected chi connectivity index (χ2v) is 8.66. The molecule has 0 unspecified atom stereocenters. The van der Waals surface area contributed by atoms with Gasteiger partial charge in [-0.15, -0.1) is 0 Å². The van der Waals surface area contributed by atoms with Crippen LogP contribution in [0.5, 0.6) is 0 Å². The highest BCUT2D eigenvalue weighted by atomic mass is 35.5. The monoisotopic (exact) mass is 457 g/mol. The lowest BCUT2D eigenvalue weighted by atomic mass is 10.1. The van der Waals surface area contributed by atoms with E-state index in [-0.39, 0.29) is 0 Å². The number of aromatic nitrogens is 6. The van der Waals surface area contributed by atoms with Crippen molar-refractivity contribution >= 4 is 17.2 Å². The number of aromatic amines is 1. The van der Waals surface area contributed by atoms with Gasteiger partial charge in [0.05, 0.1) is 23.6 Å². The van der Waals surface area contributed by atoms with E-state index in [9.17, 15) is 0 Å². The number of hydrogen-bond donors (Lipinski definition) is 1. The van der Waals surface area contributed by atoms with Crippen molar-refractivity contribution in [1.82, 2.24) is 34.4 Å². The molecule has 33 heavy (non-hydrogen) atoms.